The minimum atomic E-state index is 0.396. The third kappa shape index (κ3) is 2.97. The maximum atomic E-state index is 12.1. The zero-order valence-corrected chi connectivity index (χ0v) is 10.6. The predicted molar refractivity (Wildman–Crippen MR) is 65.2 cm³/mol. The lowest BCUT2D eigenvalue weighted by atomic mass is 9.97. The molecule has 0 aliphatic carbocycles. The highest BCUT2D eigenvalue weighted by atomic mass is 16.2. The summed E-state index contributed by atoms with van der Waals surface area (Å²) in [6.45, 7) is 6.53. The Morgan fingerprint density at radius 2 is 1.88 bits per heavy atom. The Kier molecular flexibility index (Phi) is 3.85. The smallest absolute Gasteiger partial charge is 0.222 e. The van der Waals surface area contributed by atoms with Gasteiger partial charge in [0.1, 0.15) is 0 Å². The second-order valence-electron chi connectivity index (χ2n) is 5.68. The summed E-state index contributed by atoms with van der Waals surface area (Å²) in [5, 5.41) is 0. The minimum Gasteiger partial charge on any atom is -0.343 e. The zero-order chi connectivity index (χ0) is 11.5. The molecule has 2 heterocycles. The lowest BCUT2D eigenvalue weighted by Gasteiger charge is -2.31. The number of piperidine rings is 1. The largest absolute Gasteiger partial charge is 0.343 e. The Labute approximate surface area is 98.8 Å². The van der Waals surface area contributed by atoms with Gasteiger partial charge in [0.25, 0.3) is 0 Å². The van der Waals surface area contributed by atoms with E-state index in [1.807, 2.05) is 0 Å². The number of likely N-dealkylation sites (tertiary alicyclic amines) is 2. The molecule has 2 saturated heterocycles. The summed E-state index contributed by atoms with van der Waals surface area (Å²) < 4.78 is 0. The average molecular weight is 224 g/mol. The number of carbonyl (C=O) groups excluding carboxylic acids is 1. The Morgan fingerprint density at radius 3 is 2.44 bits per heavy atom. The van der Waals surface area contributed by atoms with Crippen LogP contribution in [-0.2, 0) is 4.79 Å². The van der Waals surface area contributed by atoms with Gasteiger partial charge in [0.15, 0.2) is 0 Å². The maximum Gasteiger partial charge on any atom is 0.222 e. The van der Waals surface area contributed by atoms with Gasteiger partial charge in [0.05, 0.1) is 0 Å². The topological polar surface area (TPSA) is 23.6 Å². The molecule has 0 aromatic rings. The fraction of sp³-hybridized carbons (Fsp3) is 0.923. The molecule has 0 bridgehead atoms. The van der Waals surface area contributed by atoms with Crippen molar-refractivity contribution in [1.29, 1.82) is 0 Å². The monoisotopic (exact) mass is 224 g/mol. The van der Waals surface area contributed by atoms with Gasteiger partial charge in [-0.2, -0.15) is 0 Å². The Hall–Kier alpha value is -0.570. The van der Waals surface area contributed by atoms with E-state index in [-0.39, 0.29) is 0 Å². The SMILES string of the molecule is CC1CCN(C(=O)CC2CCN(C)C2)CC1. The average Bonchev–Trinajstić information content (AvgIpc) is 2.65. The van der Waals surface area contributed by atoms with E-state index in [4.69, 9.17) is 0 Å². The second kappa shape index (κ2) is 5.17. The summed E-state index contributed by atoms with van der Waals surface area (Å²) in [6, 6.07) is 0. The number of hydrogen-bond acceptors (Lipinski definition) is 2. The van der Waals surface area contributed by atoms with E-state index >= 15 is 0 Å². The van der Waals surface area contributed by atoms with Crippen LogP contribution in [0.3, 0.4) is 0 Å². The number of amides is 1. The first-order valence-corrected chi connectivity index (χ1v) is 6.61. The lowest BCUT2D eigenvalue weighted by Crippen LogP contribution is -2.38. The molecule has 2 fully saturated rings. The van der Waals surface area contributed by atoms with Gasteiger partial charge in [-0.3, -0.25) is 4.79 Å². The fourth-order valence-corrected chi connectivity index (χ4v) is 2.83. The molecular formula is C13H24N2O. The van der Waals surface area contributed by atoms with Crippen LogP contribution >= 0.6 is 0 Å². The van der Waals surface area contributed by atoms with Crippen LogP contribution in [0.4, 0.5) is 0 Å². The molecule has 3 heteroatoms. The van der Waals surface area contributed by atoms with Gasteiger partial charge in [-0.15, -0.1) is 0 Å². The molecule has 92 valence electrons. The summed E-state index contributed by atoms with van der Waals surface area (Å²) >= 11 is 0. The van der Waals surface area contributed by atoms with Crippen LogP contribution in [0, 0.1) is 11.8 Å². The lowest BCUT2D eigenvalue weighted by molar-refractivity contribution is -0.133. The molecule has 1 unspecified atom stereocenters. The number of carbonyl (C=O) groups is 1. The quantitative estimate of drug-likeness (QED) is 0.711. The van der Waals surface area contributed by atoms with Gasteiger partial charge in [-0.1, -0.05) is 6.92 Å². The zero-order valence-electron chi connectivity index (χ0n) is 10.6. The fourth-order valence-electron chi connectivity index (χ4n) is 2.83. The first-order chi connectivity index (χ1) is 7.65. The molecular weight excluding hydrogens is 200 g/mol. The molecule has 2 aliphatic rings. The first kappa shape index (κ1) is 11.9. The Bertz CT molecular complexity index is 246. The van der Waals surface area contributed by atoms with Crippen LogP contribution in [0.1, 0.15) is 32.6 Å². The molecule has 1 atom stereocenters. The van der Waals surface area contributed by atoms with Gasteiger partial charge >= 0.3 is 0 Å². The highest BCUT2D eigenvalue weighted by molar-refractivity contribution is 5.76. The standard InChI is InChI=1S/C13H24N2O/c1-11-3-7-15(8-4-11)13(16)9-12-5-6-14(2)10-12/h11-12H,3-10H2,1-2H3. The highest BCUT2D eigenvalue weighted by Crippen LogP contribution is 2.21. The summed E-state index contributed by atoms with van der Waals surface area (Å²) in [4.78, 5) is 16.5. The molecule has 0 spiro atoms. The second-order valence-corrected chi connectivity index (χ2v) is 5.68. The summed E-state index contributed by atoms with van der Waals surface area (Å²) in [5.41, 5.74) is 0. The van der Waals surface area contributed by atoms with Crippen LogP contribution < -0.4 is 0 Å². The molecule has 2 aliphatic heterocycles. The molecule has 0 aromatic carbocycles. The van der Waals surface area contributed by atoms with Crippen LogP contribution in [0.15, 0.2) is 0 Å². The van der Waals surface area contributed by atoms with Crippen molar-refractivity contribution in [3.05, 3.63) is 0 Å². The van der Waals surface area contributed by atoms with Gasteiger partial charge in [-0.25, -0.2) is 0 Å². The van der Waals surface area contributed by atoms with Crippen LogP contribution in [0.2, 0.25) is 0 Å². The van der Waals surface area contributed by atoms with Crippen LogP contribution in [-0.4, -0.2) is 48.9 Å². The van der Waals surface area contributed by atoms with E-state index in [1.165, 1.54) is 19.3 Å². The minimum absolute atomic E-state index is 0.396. The molecule has 0 N–H and O–H groups in total. The normalized spacial score (nSPS) is 28.6. The van der Waals surface area contributed by atoms with E-state index in [1.54, 1.807) is 0 Å². The number of rotatable bonds is 2. The third-order valence-corrected chi connectivity index (χ3v) is 4.09. The third-order valence-electron chi connectivity index (χ3n) is 4.09. The van der Waals surface area contributed by atoms with E-state index in [9.17, 15) is 4.79 Å². The summed E-state index contributed by atoms with van der Waals surface area (Å²) in [7, 11) is 2.15. The maximum absolute atomic E-state index is 12.1. The number of hydrogen-bond donors (Lipinski definition) is 0. The summed E-state index contributed by atoms with van der Waals surface area (Å²) in [5.74, 6) is 1.81. The van der Waals surface area contributed by atoms with E-state index in [0.717, 1.165) is 38.5 Å². The molecule has 0 saturated carbocycles. The van der Waals surface area contributed by atoms with Crippen molar-refractivity contribution in [3.63, 3.8) is 0 Å². The molecule has 0 radical (unpaired) electrons. The predicted octanol–water partition coefficient (Wildman–Crippen LogP) is 1.59. The van der Waals surface area contributed by atoms with Crippen molar-refractivity contribution in [3.8, 4) is 0 Å². The Morgan fingerprint density at radius 1 is 1.19 bits per heavy atom. The van der Waals surface area contributed by atoms with Crippen LogP contribution in [0.5, 0.6) is 0 Å². The van der Waals surface area contributed by atoms with E-state index in [0.29, 0.717) is 11.8 Å². The van der Waals surface area contributed by atoms with Gasteiger partial charge in [0, 0.05) is 26.1 Å². The van der Waals surface area contributed by atoms with Crippen molar-refractivity contribution in [1.82, 2.24) is 9.80 Å². The van der Waals surface area contributed by atoms with Crippen LogP contribution in [0.25, 0.3) is 0 Å². The van der Waals surface area contributed by atoms with Gasteiger partial charge in [-0.05, 0) is 44.7 Å². The van der Waals surface area contributed by atoms with Gasteiger partial charge in [0.2, 0.25) is 5.91 Å². The van der Waals surface area contributed by atoms with Crippen molar-refractivity contribution in [2.45, 2.75) is 32.6 Å². The van der Waals surface area contributed by atoms with Gasteiger partial charge < -0.3 is 9.80 Å². The van der Waals surface area contributed by atoms with Crippen molar-refractivity contribution in [2.75, 3.05) is 33.2 Å². The van der Waals surface area contributed by atoms with E-state index < -0.39 is 0 Å². The highest BCUT2D eigenvalue weighted by Gasteiger charge is 2.26. The summed E-state index contributed by atoms with van der Waals surface area (Å²) in [6.07, 6.45) is 4.36. The van der Waals surface area contributed by atoms with E-state index in [2.05, 4.69) is 23.8 Å². The number of nitrogens with zero attached hydrogens (tertiary/aromatic N) is 2. The molecule has 1 amide bonds. The molecule has 0 aromatic heterocycles. The van der Waals surface area contributed by atoms with Crippen molar-refractivity contribution in [2.24, 2.45) is 11.8 Å². The first-order valence-electron chi connectivity index (χ1n) is 6.61. The molecule has 3 nitrogen and oxygen atoms in total. The molecule has 2 rings (SSSR count). The van der Waals surface area contributed by atoms with Crippen molar-refractivity contribution < 1.29 is 4.79 Å². The van der Waals surface area contributed by atoms with Crippen molar-refractivity contribution >= 4 is 5.91 Å². The molecule has 16 heavy (non-hydrogen) atoms. The Balaban J connectivity index is 1.75.